The molecule has 0 aliphatic carbocycles. The molecular formula is C21H25N5. The van der Waals surface area contributed by atoms with Crippen LogP contribution in [0, 0.1) is 0 Å². The molecule has 0 spiro atoms. The standard InChI is InChI=1S/C21H25N5/c1-22-21(23-15-19-13-14-25-26(19)2)24-16-20(17-9-5-3-6-10-17)18-11-7-4-8-12-18/h3-14,20H,15-16H2,1-2H3,(H2,22,23,24). The van der Waals surface area contributed by atoms with Gasteiger partial charge in [0, 0.05) is 32.8 Å². The van der Waals surface area contributed by atoms with Crippen molar-refractivity contribution in [2.75, 3.05) is 13.6 Å². The van der Waals surface area contributed by atoms with Gasteiger partial charge in [-0.1, -0.05) is 60.7 Å². The minimum absolute atomic E-state index is 0.257. The first kappa shape index (κ1) is 17.7. The molecule has 5 heteroatoms. The van der Waals surface area contributed by atoms with E-state index >= 15 is 0 Å². The maximum atomic E-state index is 4.34. The topological polar surface area (TPSA) is 54.2 Å². The molecule has 0 radical (unpaired) electrons. The van der Waals surface area contributed by atoms with Gasteiger partial charge >= 0.3 is 0 Å². The number of rotatable bonds is 6. The zero-order valence-electron chi connectivity index (χ0n) is 15.3. The van der Waals surface area contributed by atoms with Gasteiger partial charge in [0.05, 0.1) is 12.2 Å². The first-order chi connectivity index (χ1) is 12.8. The van der Waals surface area contributed by atoms with Crippen LogP contribution in [-0.4, -0.2) is 29.3 Å². The number of hydrogen-bond acceptors (Lipinski definition) is 2. The lowest BCUT2D eigenvalue weighted by Gasteiger charge is -2.20. The Labute approximate surface area is 154 Å². The summed E-state index contributed by atoms with van der Waals surface area (Å²) in [6, 6.07) is 23.1. The lowest BCUT2D eigenvalue weighted by atomic mass is 9.91. The van der Waals surface area contributed by atoms with Gasteiger partial charge in [-0.2, -0.15) is 5.10 Å². The summed E-state index contributed by atoms with van der Waals surface area (Å²) >= 11 is 0. The van der Waals surface area contributed by atoms with E-state index < -0.39 is 0 Å². The van der Waals surface area contributed by atoms with Crippen molar-refractivity contribution in [3.05, 3.63) is 89.7 Å². The Hall–Kier alpha value is -3.08. The van der Waals surface area contributed by atoms with Gasteiger partial charge < -0.3 is 10.6 Å². The number of aromatic nitrogens is 2. The first-order valence-electron chi connectivity index (χ1n) is 8.79. The van der Waals surface area contributed by atoms with Crippen LogP contribution in [0.2, 0.25) is 0 Å². The third kappa shape index (κ3) is 4.51. The first-order valence-corrected chi connectivity index (χ1v) is 8.79. The number of aliphatic imine (C=N–C) groups is 1. The fourth-order valence-corrected chi connectivity index (χ4v) is 2.97. The zero-order chi connectivity index (χ0) is 18.2. The van der Waals surface area contributed by atoms with Crippen LogP contribution in [0.25, 0.3) is 0 Å². The molecule has 134 valence electrons. The Morgan fingerprint density at radius 2 is 1.58 bits per heavy atom. The lowest BCUT2D eigenvalue weighted by Crippen LogP contribution is -2.39. The van der Waals surface area contributed by atoms with Gasteiger partial charge in [-0.3, -0.25) is 9.67 Å². The van der Waals surface area contributed by atoms with E-state index in [2.05, 4.69) is 69.3 Å². The normalized spacial score (nSPS) is 11.6. The molecule has 0 saturated heterocycles. The van der Waals surface area contributed by atoms with E-state index in [0.717, 1.165) is 18.2 Å². The summed E-state index contributed by atoms with van der Waals surface area (Å²) in [5.74, 6) is 1.04. The molecule has 1 aromatic heterocycles. The second-order valence-corrected chi connectivity index (χ2v) is 6.13. The molecule has 5 nitrogen and oxygen atoms in total. The summed E-state index contributed by atoms with van der Waals surface area (Å²) in [6.45, 7) is 1.44. The summed E-state index contributed by atoms with van der Waals surface area (Å²) < 4.78 is 1.86. The van der Waals surface area contributed by atoms with E-state index in [1.807, 2.05) is 29.9 Å². The molecule has 2 aromatic carbocycles. The number of hydrogen-bond donors (Lipinski definition) is 2. The molecule has 26 heavy (non-hydrogen) atoms. The van der Waals surface area contributed by atoms with E-state index in [1.54, 1.807) is 13.2 Å². The molecule has 3 aromatic rings. The lowest BCUT2D eigenvalue weighted by molar-refractivity contribution is 0.677. The number of benzene rings is 2. The molecule has 0 atom stereocenters. The Balaban J connectivity index is 1.68. The molecule has 0 aliphatic rings. The quantitative estimate of drug-likeness (QED) is 0.532. The molecule has 0 fully saturated rings. The summed E-state index contributed by atoms with van der Waals surface area (Å²) in [5, 5.41) is 11.0. The SMILES string of the molecule is CN=C(NCc1ccnn1C)NCC(c1ccccc1)c1ccccc1. The molecule has 0 unspecified atom stereocenters. The highest BCUT2D eigenvalue weighted by atomic mass is 15.3. The Morgan fingerprint density at radius 1 is 0.962 bits per heavy atom. The number of nitrogens with one attached hydrogen (secondary N) is 2. The summed E-state index contributed by atoms with van der Waals surface area (Å²) in [4.78, 5) is 4.34. The maximum absolute atomic E-state index is 4.34. The summed E-state index contributed by atoms with van der Waals surface area (Å²) in [7, 11) is 3.73. The van der Waals surface area contributed by atoms with Crippen LogP contribution in [0.4, 0.5) is 0 Å². The minimum atomic E-state index is 0.257. The van der Waals surface area contributed by atoms with Gasteiger partial charge in [0.2, 0.25) is 0 Å². The molecule has 0 saturated carbocycles. The van der Waals surface area contributed by atoms with E-state index in [9.17, 15) is 0 Å². The van der Waals surface area contributed by atoms with E-state index in [1.165, 1.54) is 11.1 Å². The number of nitrogens with zero attached hydrogens (tertiary/aromatic N) is 3. The van der Waals surface area contributed by atoms with Gasteiger partial charge in [-0.25, -0.2) is 0 Å². The van der Waals surface area contributed by atoms with Gasteiger partial charge in [0.15, 0.2) is 5.96 Å². The molecular weight excluding hydrogens is 322 g/mol. The van der Waals surface area contributed by atoms with Crippen molar-refractivity contribution in [2.45, 2.75) is 12.5 Å². The molecule has 3 rings (SSSR count). The fourth-order valence-electron chi connectivity index (χ4n) is 2.97. The highest BCUT2D eigenvalue weighted by Crippen LogP contribution is 2.23. The maximum Gasteiger partial charge on any atom is 0.191 e. The van der Waals surface area contributed by atoms with Crippen molar-refractivity contribution in [1.82, 2.24) is 20.4 Å². The van der Waals surface area contributed by atoms with E-state index in [-0.39, 0.29) is 5.92 Å². The largest absolute Gasteiger partial charge is 0.355 e. The molecule has 2 N–H and O–H groups in total. The van der Waals surface area contributed by atoms with Crippen molar-refractivity contribution >= 4 is 5.96 Å². The second-order valence-electron chi connectivity index (χ2n) is 6.13. The van der Waals surface area contributed by atoms with Crippen LogP contribution in [0.15, 0.2) is 77.9 Å². The van der Waals surface area contributed by atoms with Crippen LogP contribution >= 0.6 is 0 Å². The van der Waals surface area contributed by atoms with Crippen molar-refractivity contribution in [2.24, 2.45) is 12.0 Å². The highest BCUT2D eigenvalue weighted by Gasteiger charge is 2.14. The Bertz CT molecular complexity index is 784. The van der Waals surface area contributed by atoms with E-state index in [4.69, 9.17) is 0 Å². The minimum Gasteiger partial charge on any atom is -0.355 e. The van der Waals surface area contributed by atoms with Crippen molar-refractivity contribution < 1.29 is 0 Å². The molecule has 0 amide bonds. The van der Waals surface area contributed by atoms with Crippen LogP contribution < -0.4 is 10.6 Å². The zero-order valence-corrected chi connectivity index (χ0v) is 15.3. The summed E-state index contributed by atoms with van der Waals surface area (Å²) in [6.07, 6.45) is 1.80. The predicted octanol–water partition coefficient (Wildman–Crippen LogP) is 2.92. The fraction of sp³-hybridized carbons (Fsp3) is 0.238. The third-order valence-electron chi connectivity index (χ3n) is 4.46. The Kier molecular flexibility index (Phi) is 6.04. The second kappa shape index (κ2) is 8.85. The number of guanidine groups is 1. The van der Waals surface area contributed by atoms with Crippen LogP contribution in [-0.2, 0) is 13.6 Å². The predicted molar refractivity (Wildman–Crippen MR) is 106 cm³/mol. The van der Waals surface area contributed by atoms with Crippen LogP contribution in [0.1, 0.15) is 22.7 Å². The monoisotopic (exact) mass is 347 g/mol. The van der Waals surface area contributed by atoms with Gasteiger partial charge in [0.25, 0.3) is 0 Å². The van der Waals surface area contributed by atoms with E-state index in [0.29, 0.717) is 6.54 Å². The van der Waals surface area contributed by atoms with Crippen LogP contribution in [0.3, 0.4) is 0 Å². The number of aryl methyl sites for hydroxylation is 1. The molecule has 0 bridgehead atoms. The smallest absolute Gasteiger partial charge is 0.191 e. The average Bonchev–Trinajstić information content (AvgIpc) is 3.11. The third-order valence-corrected chi connectivity index (χ3v) is 4.46. The Morgan fingerprint density at radius 3 is 2.08 bits per heavy atom. The summed E-state index contributed by atoms with van der Waals surface area (Å²) in [5.41, 5.74) is 3.68. The molecule has 1 heterocycles. The van der Waals surface area contributed by atoms with Gasteiger partial charge in [-0.05, 0) is 17.2 Å². The highest BCUT2D eigenvalue weighted by molar-refractivity contribution is 5.79. The van der Waals surface area contributed by atoms with Crippen LogP contribution in [0.5, 0.6) is 0 Å². The van der Waals surface area contributed by atoms with Crippen molar-refractivity contribution in [3.8, 4) is 0 Å². The molecule has 0 aliphatic heterocycles. The average molecular weight is 347 g/mol. The van der Waals surface area contributed by atoms with Crippen molar-refractivity contribution in [3.63, 3.8) is 0 Å². The van der Waals surface area contributed by atoms with Gasteiger partial charge in [0.1, 0.15) is 0 Å². The van der Waals surface area contributed by atoms with Crippen molar-refractivity contribution in [1.29, 1.82) is 0 Å². The van der Waals surface area contributed by atoms with Gasteiger partial charge in [-0.15, -0.1) is 0 Å².